The summed E-state index contributed by atoms with van der Waals surface area (Å²) in [7, 11) is -0.766. The Bertz CT molecular complexity index is 1140. The van der Waals surface area contributed by atoms with Gasteiger partial charge in [-0.25, -0.2) is 22.7 Å². The molecule has 28 heavy (non-hydrogen) atoms. The van der Waals surface area contributed by atoms with Crippen molar-refractivity contribution in [3.05, 3.63) is 40.5 Å². The second kappa shape index (κ2) is 6.98. The van der Waals surface area contributed by atoms with Gasteiger partial charge in [-0.1, -0.05) is 0 Å². The van der Waals surface area contributed by atoms with Crippen molar-refractivity contribution in [2.45, 2.75) is 24.9 Å². The van der Waals surface area contributed by atoms with E-state index >= 15 is 0 Å². The van der Waals surface area contributed by atoms with E-state index in [1.165, 1.54) is 49.7 Å². The molecule has 0 aliphatic heterocycles. The van der Waals surface area contributed by atoms with Gasteiger partial charge < -0.3 is 5.32 Å². The van der Waals surface area contributed by atoms with Crippen LogP contribution in [0.4, 0.5) is 24.7 Å². The highest BCUT2D eigenvalue weighted by atomic mass is 32.2. The van der Waals surface area contributed by atoms with E-state index in [0.717, 1.165) is 14.7 Å². The van der Waals surface area contributed by atoms with Gasteiger partial charge in [0.2, 0.25) is 15.8 Å². The lowest BCUT2D eigenvalue weighted by Gasteiger charge is -2.13. The molecular weight excluding hydrogens is 413 g/mol. The van der Waals surface area contributed by atoms with Crippen LogP contribution in [0.3, 0.4) is 0 Å². The smallest absolute Gasteiger partial charge is 0.340 e. The maximum atomic E-state index is 13.2. The molecule has 0 fully saturated rings. The second-order valence-electron chi connectivity index (χ2n) is 6.29. The number of nitrogens with zero attached hydrogens (tertiary/aromatic N) is 3. The van der Waals surface area contributed by atoms with Gasteiger partial charge >= 0.3 is 6.18 Å². The average molecular weight is 430 g/mol. The fourth-order valence-electron chi connectivity index (χ4n) is 2.52. The second-order valence-corrected chi connectivity index (χ2v) is 9.65. The van der Waals surface area contributed by atoms with Gasteiger partial charge in [-0.2, -0.15) is 13.2 Å². The van der Waals surface area contributed by atoms with Crippen LogP contribution in [-0.4, -0.2) is 36.8 Å². The van der Waals surface area contributed by atoms with Crippen LogP contribution < -0.4 is 5.32 Å². The molecular formula is C17H17F3N4O2S2. The molecule has 0 saturated carbocycles. The topological polar surface area (TPSA) is 75.2 Å². The van der Waals surface area contributed by atoms with Gasteiger partial charge in [-0.05, 0) is 43.7 Å². The predicted octanol–water partition coefficient (Wildman–Crippen LogP) is 4.32. The van der Waals surface area contributed by atoms with Crippen molar-refractivity contribution in [3.63, 3.8) is 0 Å². The summed E-state index contributed by atoms with van der Waals surface area (Å²) in [5.41, 5.74) is 1.21. The number of halogens is 3. The number of nitrogens with one attached hydrogen (secondary N) is 1. The molecule has 150 valence electrons. The lowest BCUT2D eigenvalue weighted by molar-refractivity contribution is -0.144. The quantitative estimate of drug-likeness (QED) is 0.667. The number of alkyl halides is 3. The molecule has 6 nitrogen and oxygen atoms in total. The molecule has 11 heteroatoms. The summed E-state index contributed by atoms with van der Waals surface area (Å²) in [4.78, 5) is 8.49. The van der Waals surface area contributed by atoms with Crippen molar-refractivity contribution in [2.75, 3.05) is 19.4 Å². The monoisotopic (exact) mass is 430 g/mol. The number of anilines is 2. The summed E-state index contributed by atoms with van der Waals surface area (Å²) in [6, 6.07) is 5.72. The van der Waals surface area contributed by atoms with E-state index in [-0.39, 0.29) is 15.5 Å². The molecule has 3 rings (SSSR count). The van der Waals surface area contributed by atoms with E-state index in [4.69, 9.17) is 0 Å². The Morgan fingerprint density at radius 3 is 2.21 bits per heavy atom. The molecule has 0 saturated heterocycles. The van der Waals surface area contributed by atoms with Crippen molar-refractivity contribution in [1.82, 2.24) is 14.3 Å². The third-order valence-electron chi connectivity index (χ3n) is 4.18. The number of aryl methyl sites for hydroxylation is 2. The van der Waals surface area contributed by atoms with Crippen molar-refractivity contribution in [2.24, 2.45) is 0 Å². The van der Waals surface area contributed by atoms with E-state index in [1.807, 2.05) is 0 Å². The normalized spacial score (nSPS) is 12.7. The van der Waals surface area contributed by atoms with E-state index in [9.17, 15) is 21.6 Å². The van der Waals surface area contributed by atoms with Crippen LogP contribution in [0.25, 0.3) is 10.2 Å². The number of aromatic nitrogens is 2. The molecule has 0 spiro atoms. The van der Waals surface area contributed by atoms with E-state index in [2.05, 4.69) is 15.3 Å². The third kappa shape index (κ3) is 3.69. The molecule has 0 radical (unpaired) electrons. The highest BCUT2D eigenvalue weighted by Gasteiger charge is 2.36. The van der Waals surface area contributed by atoms with Crippen molar-refractivity contribution >= 4 is 43.1 Å². The van der Waals surface area contributed by atoms with Crippen LogP contribution in [0.1, 0.15) is 16.3 Å². The summed E-state index contributed by atoms with van der Waals surface area (Å²) < 4.78 is 64.9. The molecule has 0 unspecified atom stereocenters. The molecule has 0 atom stereocenters. The number of fused-ring (bicyclic) bond motifs is 1. The van der Waals surface area contributed by atoms with E-state index < -0.39 is 22.0 Å². The molecule has 0 aliphatic carbocycles. The van der Waals surface area contributed by atoms with Crippen LogP contribution in [0, 0.1) is 13.8 Å². The lowest BCUT2D eigenvalue weighted by Crippen LogP contribution is -2.22. The zero-order valence-electron chi connectivity index (χ0n) is 15.4. The minimum absolute atomic E-state index is 0.0300. The first-order valence-corrected chi connectivity index (χ1v) is 10.3. The number of hydrogen-bond donors (Lipinski definition) is 1. The lowest BCUT2D eigenvalue weighted by atomic mass is 10.2. The summed E-state index contributed by atoms with van der Waals surface area (Å²) in [5.74, 6) is -1.20. The molecule has 2 aromatic heterocycles. The number of hydrogen-bond acceptors (Lipinski definition) is 6. The first kappa shape index (κ1) is 20.5. The SMILES string of the molecule is Cc1sc2nc(C(F)(F)F)nc(Nc3ccc(S(=O)(=O)N(C)C)cc3)c2c1C. The predicted molar refractivity (Wildman–Crippen MR) is 102 cm³/mol. The van der Waals surface area contributed by atoms with Gasteiger partial charge in [-0.15, -0.1) is 11.3 Å². The van der Waals surface area contributed by atoms with Crippen molar-refractivity contribution in [1.29, 1.82) is 0 Å². The molecule has 0 aliphatic rings. The summed E-state index contributed by atoms with van der Waals surface area (Å²) >= 11 is 1.17. The molecule has 0 amide bonds. The van der Waals surface area contributed by atoms with Gasteiger partial charge in [0.25, 0.3) is 0 Å². The molecule has 3 aromatic rings. The zero-order valence-corrected chi connectivity index (χ0v) is 17.1. The zero-order chi connectivity index (χ0) is 20.9. The average Bonchev–Trinajstić information content (AvgIpc) is 2.89. The van der Waals surface area contributed by atoms with Gasteiger partial charge in [-0.3, -0.25) is 0 Å². The summed E-state index contributed by atoms with van der Waals surface area (Å²) in [6.07, 6.45) is -4.68. The molecule has 1 aromatic carbocycles. The van der Waals surface area contributed by atoms with Crippen molar-refractivity contribution in [3.8, 4) is 0 Å². The Labute approximate surface area is 164 Å². The van der Waals surface area contributed by atoms with Crippen molar-refractivity contribution < 1.29 is 21.6 Å². The Balaban J connectivity index is 2.07. The Morgan fingerprint density at radius 2 is 1.68 bits per heavy atom. The Hall–Kier alpha value is -2.24. The first-order chi connectivity index (χ1) is 12.9. The molecule has 2 heterocycles. The van der Waals surface area contributed by atoms with Crippen LogP contribution >= 0.6 is 11.3 Å². The van der Waals surface area contributed by atoms with Gasteiger partial charge in [0.05, 0.1) is 10.3 Å². The number of benzene rings is 1. The highest BCUT2D eigenvalue weighted by molar-refractivity contribution is 7.89. The Kier molecular flexibility index (Phi) is 5.11. The summed E-state index contributed by atoms with van der Waals surface area (Å²) in [5, 5.41) is 3.38. The third-order valence-corrected chi connectivity index (χ3v) is 7.11. The number of rotatable bonds is 4. The minimum atomic E-state index is -4.68. The number of thiophene rings is 1. The van der Waals surface area contributed by atoms with Gasteiger partial charge in [0.1, 0.15) is 10.6 Å². The fraction of sp³-hybridized carbons (Fsp3) is 0.294. The van der Waals surface area contributed by atoms with Gasteiger partial charge in [0, 0.05) is 24.7 Å². The molecule has 0 bridgehead atoms. The standard InChI is InChI=1S/C17H17F3N4O2S2/c1-9-10(2)27-15-13(9)14(22-16(23-15)17(18,19)20)21-11-5-7-12(8-6-11)28(25,26)24(3)4/h5-8H,1-4H3,(H,21,22,23). The first-order valence-electron chi connectivity index (χ1n) is 8.06. The van der Waals surface area contributed by atoms with Crippen LogP contribution in [0.5, 0.6) is 0 Å². The largest absolute Gasteiger partial charge is 0.451 e. The maximum Gasteiger partial charge on any atom is 0.451 e. The summed E-state index contributed by atoms with van der Waals surface area (Å²) in [6.45, 7) is 3.60. The van der Waals surface area contributed by atoms with Crippen LogP contribution in [0.15, 0.2) is 29.2 Å². The molecule has 1 N–H and O–H groups in total. The number of sulfonamides is 1. The van der Waals surface area contributed by atoms with E-state index in [1.54, 1.807) is 13.8 Å². The minimum Gasteiger partial charge on any atom is -0.340 e. The maximum absolute atomic E-state index is 13.2. The van der Waals surface area contributed by atoms with E-state index in [0.29, 0.717) is 11.1 Å². The van der Waals surface area contributed by atoms with Crippen LogP contribution in [0.2, 0.25) is 0 Å². The van der Waals surface area contributed by atoms with Crippen LogP contribution in [-0.2, 0) is 16.2 Å². The van der Waals surface area contributed by atoms with Gasteiger partial charge in [0.15, 0.2) is 0 Å². The fourth-order valence-corrected chi connectivity index (χ4v) is 4.46. The highest BCUT2D eigenvalue weighted by Crippen LogP contribution is 2.37. The Morgan fingerprint density at radius 1 is 1.07 bits per heavy atom.